The molecule has 0 saturated carbocycles. The largest absolute Gasteiger partial charge is 0.466 e. The highest BCUT2D eigenvalue weighted by Crippen LogP contribution is 2.33. The highest BCUT2D eigenvalue weighted by Gasteiger charge is 2.35. The van der Waals surface area contributed by atoms with Gasteiger partial charge in [0, 0.05) is 0 Å². The molecule has 0 aliphatic rings. The fraction of sp³-hybridized carbons (Fsp3) is 0.500. The van der Waals surface area contributed by atoms with Crippen LogP contribution in [0.2, 0.25) is 0 Å². The molecule has 0 aliphatic carbocycles. The van der Waals surface area contributed by atoms with Crippen molar-refractivity contribution in [1.29, 1.82) is 0 Å². The Bertz CT molecular complexity index is 359. The first-order chi connectivity index (χ1) is 8.00. The van der Waals surface area contributed by atoms with Gasteiger partial charge in [0.1, 0.15) is 5.60 Å². The summed E-state index contributed by atoms with van der Waals surface area (Å²) in [5.41, 5.74) is -0.406. The van der Waals surface area contributed by atoms with Crippen molar-refractivity contribution in [3.8, 4) is 0 Å². The van der Waals surface area contributed by atoms with Crippen LogP contribution in [0, 0.1) is 5.92 Å². The lowest BCUT2D eigenvalue weighted by molar-refractivity contribution is -0.151. The predicted molar refractivity (Wildman–Crippen MR) is 66.4 cm³/mol. The molecule has 1 aromatic carbocycles. The molecule has 0 aliphatic heterocycles. The van der Waals surface area contributed by atoms with Crippen LogP contribution in [-0.2, 0) is 15.1 Å². The van der Waals surface area contributed by atoms with Gasteiger partial charge >= 0.3 is 5.97 Å². The third-order valence-corrected chi connectivity index (χ3v) is 2.95. The Morgan fingerprint density at radius 3 is 2.41 bits per heavy atom. The van der Waals surface area contributed by atoms with Gasteiger partial charge in [-0.3, -0.25) is 4.79 Å². The Labute approximate surface area is 102 Å². The molecule has 17 heavy (non-hydrogen) atoms. The summed E-state index contributed by atoms with van der Waals surface area (Å²) >= 11 is 0. The average Bonchev–Trinajstić information content (AvgIpc) is 2.30. The van der Waals surface area contributed by atoms with Crippen LogP contribution < -0.4 is 0 Å². The number of carbonyl (C=O) groups is 1. The monoisotopic (exact) mass is 236 g/mol. The lowest BCUT2D eigenvalue weighted by atomic mass is 9.81. The standard InChI is InChI=1S/C14H20O3/c1-4-17-13(15)10-14(16,11(2)3)12-8-6-5-7-9-12/h5-9,11,16H,4,10H2,1-3H3. The van der Waals surface area contributed by atoms with E-state index in [1.54, 1.807) is 6.92 Å². The summed E-state index contributed by atoms with van der Waals surface area (Å²) in [6, 6.07) is 9.26. The molecule has 1 rings (SSSR count). The van der Waals surface area contributed by atoms with E-state index in [1.165, 1.54) is 0 Å². The van der Waals surface area contributed by atoms with Gasteiger partial charge in [-0.2, -0.15) is 0 Å². The Morgan fingerprint density at radius 2 is 1.94 bits per heavy atom. The molecule has 3 heteroatoms. The molecule has 3 nitrogen and oxygen atoms in total. The SMILES string of the molecule is CCOC(=O)CC(O)(c1ccccc1)C(C)C. The number of hydrogen-bond acceptors (Lipinski definition) is 3. The highest BCUT2D eigenvalue weighted by atomic mass is 16.5. The molecule has 1 unspecified atom stereocenters. The lowest BCUT2D eigenvalue weighted by Gasteiger charge is -2.31. The van der Waals surface area contributed by atoms with Crippen LogP contribution in [0.1, 0.15) is 32.8 Å². The van der Waals surface area contributed by atoms with E-state index in [0.717, 1.165) is 5.56 Å². The van der Waals surface area contributed by atoms with E-state index in [1.807, 2.05) is 44.2 Å². The summed E-state index contributed by atoms with van der Waals surface area (Å²) < 4.78 is 4.91. The predicted octanol–water partition coefficient (Wildman–Crippen LogP) is 2.48. The van der Waals surface area contributed by atoms with E-state index in [4.69, 9.17) is 4.74 Å². The van der Waals surface area contributed by atoms with Gasteiger partial charge in [-0.1, -0.05) is 44.2 Å². The van der Waals surface area contributed by atoms with Crippen molar-refractivity contribution < 1.29 is 14.6 Å². The van der Waals surface area contributed by atoms with Crippen LogP contribution in [0.3, 0.4) is 0 Å². The van der Waals surface area contributed by atoms with Crippen molar-refractivity contribution in [1.82, 2.24) is 0 Å². The number of ether oxygens (including phenoxy) is 1. The van der Waals surface area contributed by atoms with Crippen LogP contribution in [0.4, 0.5) is 0 Å². The van der Waals surface area contributed by atoms with E-state index in [0.29, 0.717) is 6.61 Å². The second-order valence-electron chi connectivity index (χ2n) is 4.43. The zero-order valence-corrected chi connectivity index (χ0v) is 10.6. The van der Waals surface area contributed by atoms with E-state index in [2.05, 4.69) is 0 Å². The Hall–Kier alpha value is -1.35. The minimum atomic E-state index is -1.16. The third-order valence-electron chi connectivity index (χ3n) is 2.95. The molecule has 94 valence electrons. The van der Waals surface area contributed by atoms with Gasteiger partial charge in [-0.15, -0.1) is 0 Å². The van der Waals surface area contributed by atoms with Crippen LogP contribution in [0.5, 0.6) is 0 Å². The topological polar surface area (TPSA) is 46.5 Å². The molecule has 0 amide bonds. The summed E-state index contributed by atoms with van der Waals surface area (Å²) in [5, 5.41) is 10.7. The Morgan fingerprint density at radius 1 is 1.35 bits per heavy atom. The summed E-state index contributed by atoms with van der Waals surface area (Å²) in [7, 11) is 0. The van der Waals surface area contributed by atoms with Crippen molar-refractivity contribution in [2.45, 2.75) is 32.8 Å². The minimum Gasteiger partial charge on any atom is -0.466 e. The van der Waals surface area contributed by atoms with Crippen LogP contribution >= 0.6 is 0 Å². The van der Waals surface area contributed by atoms with E-state index in [9.17, 15) is 9.90 Å². The van der Waals surface area contributed by atoms with E-state index >= 15 is 0 Å². The van der Waals surface area contributed by atoms with Crippen LogP contribution in [0.15, 0.2) is 30.3 Å². The van der Waals surface area contributed by atoms with Crippen molar-refractivity contribution in [3.05, 3.63) is 35.9 Å². The van der Waals surface area contributed by atoms with E-state index in [-0.39, 0.29) is 18.3 Å². The molecule has 0 aromatic heterocycles. The summed E-state index contributed by atoms with van der Waals surface area (Å²) in [6.45, 7) is 5.88. The molecular formula is C14H20O3. The number of esters is 1. The number of carbonyl (C=O) groups excluding carboxylic acids is 1. The third kappa shape index (κ3) is 3.30. The summed E-state index contributed by atoms with van der Waals surface area (Å²) in [5.74, 6) is -0.429. The van der Waals surface area contributed by atoms with Crippen molar-refractivity contribution >= 4 is 5.97 Å². The Kier molecular flexibility index (Phi) is 4.70. The molecule has 0 saturated heterocycles. The van der Waals surface area contributed by atoms with Gasteiger partial charge in [0.05, 0.1) is 13.0 Å². The van der Waals surface area contributed by atoms with Gasteiger partial charge in [0.2, 0.25) is 0 Å². The second-order valence-corrected chi connectivity index (χ2v) is 4.43. The maximum absolute atomic E-state index is 11.6. The first kappa shape index (κ1) is 13.7. The normalized spacial score (nSPS) is 14.4. The van der Waals surface area contributed by atoms with Gasteiger partial charge in [0.25, 0.3) is 0 Å². The first-order valence-electron chi connectivity index (χ1n) is 5.94. The van der Waals surface area contributed by atoms with Crippen molar-refractivity contribution in [2.24, 2.45) is 5.92 Å². The molecule has 1 atom stereocenters. The summed E-state index contributed by atoms with van der Waals surface area (Å²) in [4.78, 5) is 11.6. The molecule has 1 N–H and O–H groups in total. The summed E-state index contributed by atoms with van der Waals surface area (Å²) in [6.07, 6.45) is -0.0114. The fourth-order valence-corrected chi connectivity index (χ4v) is 1.80. The van der Waals surface area contributed by atoms with Gasteiger partial charge in [0.15, 0.2) is 0 Å². The van der Waals surface area contributed by atoms with Gasteiger partial charge in [-0.25, -0.2) is 0 Å². The zero-order chi connectivity index (χ0) is 12.9. The molecule has 0 fully saturated rings. The molecule has 0 radical (unpaired) electrons. The quantitative estimate of drug-likeness (QED) is 0.799. The van der Waals surface area contributed by atoms with Crippen LogP contribution in [-0.4, -0.2) is 17.7 Å². The van der Waals surface area contributed by atoms with E-state index < -0.39 is 5.60 Å². The van der Waals surface area contributed by atoms with Crippen molar-refractivity contribution in [2.75, 3.05) is 6.61 Å². The van der Waals surface area contributed by atoms with Crippen LogP contribution in [0.25, 0.3) is 0 Å². The molecule has 1 aromatic rings. The molecular weight excluding hydrogens is 216 g/mol. The average molecular weight is 236 g/mol. The number of rotatable bonds is 5. The highest BCUT2D eigenvalue weighted by molar-refractivity contribution is 5.71. The maximum atomic E-state index is 11.6. The van der Waals surface area contributed by atoms with Gasteiger partial charge < -0.3 is 9.84 Å². The first-order valence-corrected chi connectivity index (χ1v) is 5.94. The smallest absolute Gasteiger partial charge is 0.309 e. The fourth-order valence-electron chi connectivity index (χ4n) is 1.80. The van der Waals surface area contributed by atoms with Gasteiger partial charge in [-0.05, 0) is 18.4 Å². The minimum absolute atomic E-state index is 0.0114. The number of aliphatic hydroxyl groups is 1. The second kappa shape index (κ2) is 5.82. The Balaban J connectivity index is 2.94. The number of benzene rings is 1. The maximum Gasteiger partial charge on any atom is 0.309 e. The number of hydrogen-bond donors (Lipinski definition) is 1. The molecule has 0 heterocycles. The van der Waals surface area contributed by atoms with Crippen molar-refractivity contribution in [3.63, 3.8) is 0 Å². The lowest BCUT2D eigenvalue weighted by Crippen LogP contribution is -2.35. The zero-order valence-electron chi connectivity index (χ0n) is 10.6. The molecule has 0 bridgehead atoms. The molecule has 0 spiro atoms.